The average molecular weight is 392 g/mol. The second kappa shape index (κ2) is 6.80. The van der Waals surface area contributed by atoms with E-state index in [1.165, 1.54) is 6.33 Å². The molecule has 148 valence electrons. The molecule has 3 heterocycles. The number of nitrogens with zero attached hydrogens (tertiary/aromatic N) is 3. The number of anilines is 1. The van der Waals surface area contributed by atoms with E-state index in [0.29, 0.717) is 35.9 Å². The van der Waals surface area contributed by atoms with E-state index in [-0.39, 0.29) is 11.7 Å². The van der Waals surface area contributed by atoms with E-state index >= 15 is 0 Å². The highest BCUT2D eigenvalue weighted by Gasteiger charge is 2.40. The zero-order valence-electron chi connectivity index (χ0n) is 16.1. The molecule has 0 radical (unpaired) electrons. The summed E-state index contributed by atoms with van der Waals surface area (Å²) in [4.78, 5) is 17.6. The molecule has 29 heavy (non-hydrogen) atoms. The van der Waals surface area contributed by atoms with Crippen molar-refractivity contribution in [2.45, 2.75) is 24.8 Å². The highest BCUT2D eigenvalue weighted by Crippen LogP contribution is 2.46. The lowest BCUT2D eigenvalue weighted by molar-refractivity contribution is -0.117. The molecule has 1 aliphatic heterocycles. The Labute approximate surface area is 167 Å². The van der Waals surface area contributed by atoms with Gasteiger partial charge in [0.1, 0.15) is 29.6 Å². The fourth-order valence-electron chi connectivity index (χ4n) is 4.21. The van der Waals surface area contributed by atoms with Gasteiger partial charge in [-0.2, -0.15) is 10.1 Å². The lowest BCUT2D eigenvalue weighted by atomic mass is 9.79. The summed E-state index contributed by atoms with van der Waals surface area (Å²) in [6.07, 6.45) is 4.17. The van der Waals surface area contributed by atoms with Crippen molar-refractivity contribution in [2.75, 3.05) is 19.5 Å². The van der Waals surface area contributed by atoms with Gasteiger partial charge in [-0.25, -0.2) is 4.68 Å². The number of benzene rings is 1. The second-order valence-electron chi connectivity index (χ2n) is 7.10. The zero-order chi connectivity index (χ0) is 20.0. The quantitative estimate of drug-likeness (QED) is 0.728. The fourth-order valence-corrected chi connectivity index (χ4v) is 4.21. The summed E-state index contributed by atoms with van der Waals surface area (Å²) in [5, 5.41) is 7.68. The molecular formula is C21H20N4O4. The largest absolute Gasteiger partial charge is 0.497 e. The smallest absolute Gasteiger partial charge is 0.226 e. The molecule has 2 unspecified atom stereocenters. The molecule has 5 rings (SSSR count). The Bertz CT molecular complexity index is 1100. The van der Waals surface area contributed by atoms with Crippen molar-refractivity contribution in [2.24, 2.45) is 0 Å². The third-order valence-electron chi connectivity index (χ3n) is 5.54. The minimum absolute atomic E-state index is 0.00312. The van der Waals surface area contributed by atoms with Crippen molar-refractivity contribution < 1.29 is 18.7 Å². The number of hydrogen-bond acceptors (Lipinski definition) is 7. The van der Waals surface area contributed by atoms with Gasteiger partial charge in [0.05, 0.1) is 20.5 Å². The van der Waals surface area contributed by atoms with Crippen molar-refractivity contribution in [3.05, 3.63) is 65.5 Å². The number of ketones is 1. The van der Waals surface area contributed by atoms with E-state index in [9.17, 15) is 4.79 Å². The first-order chi connectivity index (χ1) is 14.2. The van der Waals surface area contributed by atoms with Gasteiger partial charge in [-0.1, -0.05) is 0 Å². The number of rotatable bonds is 4. The Balaban J connectivity index is 1.64. The van der Waals surface area contributed by atoms with Gasteiger partial charge in [-0.3, -0.25) is 4.79 Å². The van der Waals surface area contributed by atoms with Gasteiger partial charge in [-0.05, 0) is 30.7 Å². The molecule has 0 spiro atoms. The number of aromatic nitrogens is 3. The molecule has 2 aromatic heterocycles. The lowest BCUT2D eigenvalue weighted by Crippen LogP contribution is -2.33. The second-order valence-corrected chi connectivity index (χ2v) is 7.10. The van der Waals surface area contributed by atoms with Crippen LogP contribution >= 0.6 is 0 Å². The molecule has 0 saturated carbocycles. The van der Waals surface area contributed by atoms with Crippen LogP contribution in [0.5, 0.6) is 11.5 Å². The van der Waals surface area contributed by atoms with Crippen molar-refractivity contribution in [3.8, 4) is 11.5 Å². The zero-order valence-corrected chi connectivity index (χ0v) is 16.1. The summed E-state index contributed by atoms with van der Waals surface area (Å²) < 4.78 is 18.2. The Morgan fingerprint density at radius 3 is 2.86 bits per heavy atom. The molecule has 0 bridgehead atoms. The number of furan rings is 1. The molecular weight excluding hydrogens is 372 g/mol. The van der Waals surface area contributed by atoms with Crippen LogP contribution in [0.25, 0.3) is 0 Å². The van der Waals surface area contributed by atoms with Gasteiger partial charge >= 0.3 is 0 Å². The molecule has 0 fully saturated rings. The Morgan fingerprint density at radius 1 is 1.21 bits per heavy atom. The number of allylic oxidation sites excluding steroid dienone is 2. The van der Waals surface area contributed by atoms with Crippen molar-refractivity contribution in [3.63, 3.8) is 0 Å². The van der Waals surface area contributed by atoms with Crippen LogP contribution in [0.3, 0.4) is 0 Å². The summed E-state index contributed by atoms with van der Waals surface area (Å²) in [6, 6.07) is 8.92. The standard InChI is InChI=1S/C21H20N4O4/c1-27-13-5-6-14(18(10-13)28-2)20-19-15(24-21-22-11-23-25(20)21)8-12(9-16(19)26)17-4-3-7-29-17/h3-7,10-12,20H,8-9H2,1-2H3,(H,22,23,24). The highest BCUT2D eigenvalue weighted by atomic mass is 16.5. The first kappa shape index (κ1) is 17.5. The van der Waals surface area contributed by atoms with Crippen LogP contribution in [-0.4, -0.2) is 34.8 Å². The number of methoxy groups -OCH3 is 2. The van der Waals surface area contributed by atoms with Crippen LogP contribution in [0, 0.1) is 0 Å². The summed E-state index contributed by atoms with van der Waals surface area (Å²) in [5.41, 5.74) is 2.37. The summed E-state index contributed by atoms with van der Waals surface area (Å²) in [5.74, 6) is 2.78. The molecule has 0 saturated heterocycles. The van der Waals surface area contributed by atoms with E-state index in [4.69, 9.17) is 13.9 Å². The number of carbonyl (C=O) groups excluding carboxylic acids is 1. The van der Waals surface area contributed by atoms with Gasteiger partial charge in [0.2, 0.25) is 5.95 Å². The Kier molecular flexibility index (Phi) is 4.12. The van der Waals surface area contributed by atoms with E-state index < -0.39 is 6.04 Å². The number of hydrogen-bond donors (Lipinski definition) is 1. The van der Waals surface area contributed by atoms with Gasteiger partial charge in [-0.15, -0.1) is 0 Å². The molecule has 2 aliphatic rings. The Hall–Kier alpha value is -3.55. The van der Waals surface area contributed by atoms with Gasteiger partial charge in [0.15, 0.2) is 5.78 Å². The summed E-state index contributed by atoms with van der Waals surface area (Å²) in [6.45, 7) is 0. The van der Waals surface area contributed by atoms with Crippen LogP contribution in [0.2, 0.25) is 0 Å². The molecule has 3 aromatic rings. The fraction of sp³-hybridized carbons (Fsp3) is 0.286. The van der Waals surface area contributed by atoms with Gasteiger partial charge in [0.25, 0.3) is 0 Å². The molecule has 8 nitrogen and oxygen atoms in total. The molecule has 0 amide bonds. The first-order valence-corrected chi connectivity index (χ1v) is 9.37. The maximum Gasteiger partial charge on any atom is 0.226 e. The lowest BCUT2D eigenvalue weighted by Gasteiger charge is -2.35. The van der Waals surface area contributed by atoms with Crippen LogP contribution in [0.15, 0.2) is 58.6 Å². The molecule has 8 heteroatoms. The van der Waals surface area contributed by atoms with E-state index in [2.05, 4.69) is 15.4 Å². The van der Waals surface area contributed by atoms with Crippen molar-refractivity contribution in [1.29, 1.82) is 0 Å². The predicted molar refractivity (Wildman–Crippen MR) is 104 cm³/mol. The van der Waals surface area contributed by atoms with Crippen LogP contribution in [0.4, 0.5) is 5.95 Å². The number of nitrogens with one attached hydrogen (secondary N) is 1. The minimum atomic E-state index is -0.422. The van der Waals surface area contributed by atoms with Crippen molar-refractivity contribution in [1.82, 2.24) is 14.8 Å². The monoisotopic (exact) mass is 392 g/mol. The molecule has 1 aliphatic carbocycles. The van der Waals surface area contributed by atoms with E-state index in [1.807, 2.05) is 30.3 Å². The molecule has 1 aromatic carbocycles. The summed E-state index contributed by atoms with van der Waals surface area (Å²) >= 11 is 0. The number of carbonyl (C=O) groups is 1. The minimum Gasteiger partial charge on any atom is -0.497 e. The number of fused-ring (bicyclic) bond motifs is 1. The van der Waals surface area contributed by atoms with Crippen LogP contribution in [0.1, 0.15) is 36.1 Å². The number of ether oxygens (including phenoxy) is 2. The maximum atomic E-state index is 13.3. The summed E-state index contributed by atoms with van der Waals surface area (Å²) in [7, 11) is 3.21. The normalized spacial score (nSPS) is 20.7. The topological polar surface area (TPSA) is 91.4 Å². The third kappa shape index (κ3) is 2.79. The molecule has 2 atom stereocenters. The van der Waals surface area contributed by atoms with Crippen LogP contribution < -0.4 is 14.8 Å². The Morgan fingerprint density at radius 2 is 2.10 bits per heavy atom. The van der Waals surface area contributed by atoms with Crippen LogP contribution in [-0.2, 0) is 4.79 Å². The van der Waals surface area contributed by atoms with Gasteiger partial charge < -0.3 is 19.2 Å². The average Bonchev–Trinajstić information content (AvgIpc) is 3.43. The van der Waals surface area contributed by atoms with E-state index in [0.717, 1.165) is 17.0 Å². The first-order valence-electron chi connectivity index (χ1n) is 9.37. The predicted octanol–water partition coefficient (Wildman–Crippen LogP) is 3.30. The number of Topliss-reactive ketones (excluding diaryl/α,β-unsaturated/α-hetero) is 1. The highest BCUT2D eigenvalue weighted by molar-refractivity contribution is 6.00. The SMILES string of the molecule is COc1ccc(C2C3=C(CC(c4ccco4)CC3=O)Nc3ncnn32)c(OC)c1. The molecule has 1 N–H and O–H groups in total. The van der Waals surface area contributed by atoms with Crippen molar-refractivity contribution >= 4 is 11.7 Å². The van der Waals surface area contributed by atoms with E-state index in [1.54, 1.807) is 25.2 Å². The van der Waals surface area contributed by atoms with Gasteiger partial charge in [0, 0.05) is 35.2 Å². The third-order valence-corrected chi connectivity index (χ3v) is 5.54. The maximum absolute atomic E-state index is 13.3.